The minimum atomic E-state index is -0.212. The van der Waals surface area contributed by atoms with Gasteiger partial charge < -0.3 is 9.88 Å². The molecule has 0 fully saturated rings. The molecule has 0 bridgehead atoms. The fourth-order valence-electron chi connectivity index (χ4n) is 2.15. The molecule has 0 aliphatic rings. The Morgan fingerprint density at radius 3 is 2.85 bits per heavy atom. The number of amides is 1. The van der Waals surface area contributed by atoms with Gasteiger partial charge in [0.05, 0.1) is 17.1 Å². The molecule has 5 nitrogen and oxygen atoms in total. The van der Waals surface area contributed by atoms with Crippen LogP contribution in [0.15, 0.2) is 18.5 Å². The van der Waals surface area contributed by atoms with Crippen molar-refractivity contribution in [3.05, 3.63) is 24.3 Å². The van der Waals surface area contributed by atoms with Gasteiger partial charge in [-0.25, -0.2) is 4.98 Å². The molecule has 1 N–H and O–H groups in total. The summed E-state index contributed by atoms with van der Waals surface area (Å²) in [6.07, 6.45) is 3.84. The van der Waals surface area contributed by atoms with Crippen molar-refractivity contribution in [2.45, 2.75) is 45.2 Å². The Morgan fingerprint density at radius 1 is 1.45 bits per heavy atom. The van der Waals surface area contributed by atoms with Crippen molar-refractivity contribution in [3.63, 3.8) is 0 Å². The van der Waals surface area contributed by atoms with Crippen LogP contribution in [0.2, 0.25) is 0 Å². The number of nitrogens with zero attached hydrogens (tertiary/aromatic N) is 3. The number of hydrogen-bond acceptors (Lipinski definition) is 3. The summed E-state index contributed by atoms with van der Waals surface area (Å²) in [5.74, 6) is 0.802. The van der Waals surface area contributed by atoms with Crippen molar-refractivity contribution in [1.29, 1.82) is 0 Å². The highest BCUT2D eigenvalue weighted by atomic mass is 35.5. The molecule has 0 aliphatic carbocycles. The van der Waals surface area contributed by atoms with Crippen molar-refractivity contribution >= 4 is 28.5 Å². The zero-order valence-corrected chi connectivity index (χ0v) is 12.7. The van der Waals surface area contributed by atoms with E-state index in [0.717, 1.165) is 16.9 Å². The van der Waals surface area contributed by atoms with E-state index >= 15 is 0 Å². The van der Waals surface area contributed by atoms with Gasteiger partial charge in [0.25, 0.3) is 0 Å². The number of rotatable bonds is 5. The van der Waals surface area contributed by atoms with Gasteiger partial charge in [0.2, 0.25) is 5.91 Å². The van der Waals surface area contributed by atoms with E-state index in [1.165, 1.54) is 0 Å². The number of hydrogen-bond donors (Lipinski definition) is 1. The molecule has 0 saturated carbocycles. The standard InChI is InChI=1S/C14H19ClN4O/c1-9(2)17-13(20)5-7-19-12-4-6-16-8-11(12)18-14(19)10(3)15/h4,6,8-10H,5,7H2,1-3H3,(H,17,20). The molecule has 0 aromatic carbocycles. The van der Waals surface area contributed by atoms with Crippen molar-refractivity contribution < 1.29 is 4.79 Å². The highest BCUT2D eigenvalue weighted by Gasteiger charge is 2.15. The molecule has 20 heavy (non-hydrogen) atoms. The van der Waals surface area contributed by atoms with Crippen LogP contribution in [0.25, 0.3) is 11.0 Å². The van der Waals surface area contributed by atoms with Gasteiger partial charge in [-0.3, -0.25) is 9.78 Å². The number of carbonyl (C=O) groups is 1. The lowest BCUT2D eigenvalue weighted by atomic mass is 10.3. The second kappa shape index (κ2) is 6.22. The van der Waals surface area contributed by atoms with Crippen LogP contribution in [0.5, 0.6) is 0 Å². The number of pyridine rings is 1. The first-order valence-electron chi connectivity index (χ1n) is 6.72. The van der Waals surface area contributed by atoms with Crippen LogP contribution in [0, 0.1) is 0 Å². The third-order valence-corrected chi connectivity index (χ3v) is 3.14. The summed E-state index contributed by atoms with van der Waals surface area (Å²) < 4.78 is 1.99. The zero-order chi connectivity index (χ0) is 14.7. The summed E-state index contributed by atoms with van der Waals surface area (Å²) in [5.41, 5.74) is 1.76. The Hall–Kier alpha value is -1.62. The summed E-state index contributed by atoms with van der Waals surface area (Å²) in [6, 6.07) is 2.04. The Kier molecular flexibility index (Phi) is 4.60. The molecule has 2 rings (SSSR count). The first kappa shape index (κ1) is 14.8. The zero-order valence-electron chi connectivity index (χ0n) is 11.9. The average molecular weight is 295 g/mol. The summed E-state index contributed by atoms with van der Waals surface area (Å²) in [7, 11) is 0. The molecular formula is C14H19ClN4O. The molecule has 2 heterocycles. The van der Waals surface area contributed by atoms with E-state index in [2.05, 4.69) is 15.3 Å². The second-order valence-electron chi connectivity index (χ2n) is 5.07. The normalized spacial score (nSPS) is 12.8. The summed E-state index contributed by atoms with van der Waals surface area (Å²) >= 11 is 6.18. The van der Waals surface area contributed by atoms with E-state index in [0.29, 0.717) is 13.0 Å². The maximum atomic E-state index is 11.8. The van der Waals surface area contributed by atoms with Gasteiger partial charge >= 0.3 is 0 Å². The lowest BCUT2D eigenvalue weighted by molar-refractivity contribution is -0.121. The fourth-order valence-corrected chi connectivity index (χ4v) is 2.31. The van der Waals surface area contributed by atoms with Gasteiger partial charge in [-0.1, -0.05) is 0 Å². The highest BCUT2D eigenvalue weighted by molar-refractivity contribution is 6.20. The van der Waals surface area contributed by atoms with Crippen LogP contribution in [0.3, 0.4) is 0 Å². The van der Waals surface area contributed by atoms with Crippen LogP contribution >= 0.6 is 11.6 Å². The second-order valence-corrected chi connectivity index (χ2v) is 5.73. The third-order valence-electron chi connectivity index (χ3n) is 2.95. The quantitative estimate of drug-likeness (QED) is 0.863. The third kappa shape index (κ3) is 3.28. The predicted octanol–water partition coefficient (Wildman–Crippen LogP) is 2.65. The van der Waals surface area contributed by atoms with E-state index in [4.69, 9.17) is 11.6 Å². The molecule has 6 heteroatoms. The number of carbonyl (C=O) groups excluding carboxylic acids is 1. The Bertz CT molecular complexity index is 606. The van der Waals surface area contributed by atoms with E-state index in [9.17, 15) is 4.79 Å². The molecule has 1 amide bonds. The van der Waals surface area contributed by atoms with Gasteiger partial charge in [0, 0.05) is 25.2 Å². The first-order valence-corrected chi connectivity index (χ1v) is 7.16. The largest absolute Gasteiger partial charge is 0.354 e. The van der Waals surface area contributed by atoms with Crippen molar-refractivity contribution in [2.24, 2.45) is 0 Å². The number of aryl methyl sites for hydroxylation is 1. The SMILES string of the molecule is CC(C)NC(=O)CCn1c(C(C)Cl)nc2cnccc21. The molecular weight excluding hydrogens is 276 g/mol. The summed E-state index contributed by atoms with van der Waals surface area (Å²) in [5, 5.41) is 2.67. The number of imidazole rings is 1. The molecule has 0 spiro atoms. The molecule has 0 aliphatic heterocycles. The molecule has 108 valence electrons. The van der Waals surface area contributed by atoms with Gasteiger partial charge in [-0.05, 0) is 26.8 Å². The van der Waals surface area contributed by atoms with E-state index in [1.807, 2.05) is 31.4 Å². The number of aromatic nitrogens is 3. The predicted molar refractivity (Wildman–Crippen MR) is 79.7 cm³/mol. The van der Waals surface area contributed by atoms with Crippen LogP contribution < -0.4 is 5.32 Å². The molecule has 0 saturated heterocycles. The van der Waals surface area contributed by atoms with E-state index in [-0.39, 0.29) is 17.3 Å². The van der Waals surface area contributed by atoms with Crippen molar-refractivity contribution in [3.8, 4) is 0 Å². The monoisotopic (exact) mass is 294 g/mol. The lowest BCUT2D eigenvalue weighted by Gasteiger charge is -2.12. The first-order chi connectivity index (χ1) is 9.49. The average Bonchev–Trinajstić information content (AvgIpc) is 2.74. The van der Waals surface area contributed by atoms with Crippen LogP contribution in [0.1, 0.15) is 38.4 Å². The maximum absolute atomic E-state index is 11.8. The molecule has 0 radical (unpaired) electrons. The fraction of sp³-hybridized carbons (Fsp3) is 0.500. The van der Waals surface area contributed by atoms with Crippen LogP contribution in [-0.2, 0) is 11.3 Å². The number of halogens is 1. The topological polar surface area (TPSA) is 59.8 Å². The number of fused-ring (bicyclic) bond motifs is 1. The molecule has 1 atom stereocenters. The number of nitrogens with one attached hydrogen (secondary N) is 1. The lowest BCUT2D eigenvalue weighted by Crippen LogP contribution is -2.30. The highest BCUT2D eigenvalue weighted by Crippen LogP contribution is 2.24. The smallest absolute Gasteiger partial charge is 0.221 e. The Morgan fingerprint density at radius 2 is 2.20 bits per heavy atom. The van der Waals surface area contributed by atoms with Gasteiger partial charge in [0.15, 0.2) is 0 Å². The van der Waals surface area contributed by atoms with Gasteiger partial charge in [0.1, 0.15) is 11.3 Å². The molecule has 2 aromatic heterocycles. The Labute approximate surface area is 123 Å². The van der Waals surface area contributed by atoms with E-state index in [1.54, 1.807) is 12.4 Å². The van der Waals surface area contributed by atoms with Crippen molar-refractivity contribution in [1.82, 2.24) is 19.9 Å². The van der Waals surface area contributed by atoms with Gasteiger partial charge in [-0.2, -0.15) is 0 Å². The summed E-state index contributed by atoms with van der Waals surface area (Å²) in [4.78, 5) is 20.3. The minimum absolute atomic E-state index is 0.0316. The minimum Gasteiger partial charge on any atom is -0.354 e. The molecule has 1 unspecified atom stereocenters. The maximum Gasteiger partial charge on any atom is 0.221 e. The van der Waals surface area contributed by atoms with E-state index < -0.39 is 0 Å². The van der Waals surface area contributed by atoms with Crippen molar-refractivity contribution in [2.75, 3.05) is 0 Å². The van der Waals surface area contributed by atoms with Crippen LogP contribution in [-0.4, -0.2) is 26.5 Å². The van der Waals surface area contributed by atoms with Crippen LogP contribution in [0.4, 0.5) is 0 Å². The Balaban J connectivity index is 2.23. The number of alkyl halides is 1. The molecule has 2 aromatic rings. The van der Waals surface area contributed by atoms with Gasteiger partial charge in [-0.15, -0.1) is 11.6 Å². The summed E-state index contributed by atoms with van der Waals surface area (Å²) in [6.45, 7) is 6.33.